The van der Waals surface area contributed by atoms with Crippen molar-refractivity contribution in [3.8, 4) is 5.75 Å². The number of amides is 2. The van der Waals surface area contributed by atoms with Crippen LogP contribution >= 0.6 is 0 Å². The second kappa shape index (κ2) is 14.0. The van der Waals surface area contributed by atoms with Gasteiger partial charge in [-0.15, -0.1) is 0 Å². The van der Waals surface area contributed by atoms with E-state index in [1.54, 1.807) is 12.0 Å². The third-order valence-corrected chi connectivity index (χ3v) is 7.77. The van der Waals surface area contributed by atoms with E-state index in [0.29, 0.717) is 31.1 Å². The molecular weight excluding hydrogens is 510 g/mol. The van der Waals surface area contributed by atoms with E-state index in [0.717, 1.165) is 40.6 Å². The van der Waals surface area contributed by atoms with Gasteiger partial charge in [0.1, 0.15) is 12.3 Å². The summed E-state index contributed by atoms with van der Waals surface area (Å²) in [5.74, 6) is 1.11. The third-order valence-electron chi connectivity index (χ3n) is 7.77. The van der Waals surface area contributed by atoms with Gasteiger partial charge >= 0.3 is 0 Å². The van der Waals surface area contributed by atoms with Crippen molar-refractivity contribution < 1.29 is 14.3 Å². The number of methoxy groups -OCH3 is 1. The number of benzene rings is 3. The van der Waals surface area contributed by atoms with E-state index in [1.165, 1.54) is 0 Å². The largest absolute Gasteiger partial charge is 0.497 e. The fourth-order valence-corrected chi connectivity index (χ4v) is 5.02. The van der Waals surface area contributed by atoms with Crippen LogP contribution in [0.5, 0.6) is 5.75 Å². The molecule has 0 bridgehead atoms. The number of rotatable bonds is 13. The van der Waals surface area contributed by atoms with E-state index in [2.05, 4.69) is 44.4 Å². The Balaban J connectivity index is 1.54. The van der Waals surface area contributed by atoms with Crippen LogP contribution in [-0.2, 0) is 17.9 Å². The predicted molar refractivity (Wildman–Crippen MR) is 166 cm³/mol. The Hall–Kier alpha value is -4.06. The predicted octanol–water partition coefficient (Wildman–Crippen LogP) is 7.01. The van der Waals surface area contributed by atoms with Gasteiger partial charge in [-0.05, 0) is 78.4 Å². The van der Waals surface area contributed by atoms with Crippen molar-refractivity contribution in [1.29, 1.82) is 0 Å². The van der Waals surface area contributed by atoms with E-state index < -0.39 is 0 Å². The summed E-state index contributed by atoms with van der Waals surface area (Å²) in [6.45, 7) is 10.2. The molecule has 4 rings (SSSR count). The zero-order valence-corrected chi connectivity index (χ0v) is 25.0. The number of ether oxygens (including phenoxy) is 1. The highest BCUT2D eigenvalue weighted by atomic mass is 16.5. The average molecular weight is 554 g/mol. The van der Waals surface area contributed by atoms with Crippen LogP contribution in [0.3, 0.4) is 0 Å². The Labute approximate surface area is 244 Å². The van der Waals surface area contributed by atoms with Gasteiger partial charge in [0.25, 0.3) is 5.91 Å². The molecule has 0 unspecified atom stereocenters. The number of fused-ring (bicyclic) bond motifs is 1. The van der Waals surface area contributed by atoms with E-state index in [1.807, 2.05) is 77.8 Å². The highest BCUT2D eigenvalue weighted by Gasteiger charge is 2.26. The lowest BCUT2D eigenvalue weighted by atomic mass is 10.1. The zero-order valence-electron chi connectivity index (χ0n) is 25.0. The monoisotopic (exact) mass is 553 g/mol. The molecule has 0 N–H and O–H groups in total. The van der Waals surface area contributed by atoms with Gasteiger partial charge in [0.2, 0.25) is 5.91 Å². The number of carbonyl (C=O) groups excluding carboxylic acids is 2. The summed E-state index contributed by atoms with van der Waals surface area (Å²) in [6.07, 6.45) is 3.71. The maximum Gasteiger partial charge on any atom is 0.254 e. The van der Waals surface area contributed by atoms with Gasteiger partial charge in [0.05, 0.1) is 13.7 Å². The van der Waals surface area contributed by atoms with Crippen LogP contribution in [0.25, 0.3) is 10.8 Å². The van der Waals surface area contributed by atoms with Gasteiger partial charge in [-0.1, -0.05) is 63.2 Å². The molecular formula is C35H43N3O3. The van der Waals surface area contributed by atoms with E-state index in [4.69, 9.17) is 4.74 Å². The average Bonchev–Trinajstić information content (AvgIpc) is 3.43. The molecule has 0 radical (unpaired) electrons. The third kappa shape index (κ3) is 7.78. The molecule has 0 spiro atoms. The fraction of sp³-hybridized carbons (Fsp3) is 0.371. The van der Waals surface area contributed by atoms with Gasteiger partial charge in [0.15, 0.2) is 0 Å². The molecule has 41 heavy (non-hydrogen) atoms. The van der Waals surface area contributed by atoms with Crippen molar-refractivity contribution in [2.45, 2.75) is 59.7 Å². The molecule has 1 atom stereocenters. The molecule has 0 fully saturated rings. The van der Waals surface area contributed by atoms with Crippen molar-refractivity contribution in [2.75, 3.05) is 20.2 Å². The van der Waals surface area contributed by atoms with Crippen LogP contribution in [-0.4, -0.2) is 52.4 Å². The molecule has 0 aliphatic rings. The van der Waals surface area contributed by atoms with Gasteiger partial charge < -0.3 is 19.1 Å². The molecule has 6 heteroatoms. The minimum atomic E-state index is -0.102. The molecule has 1 aromatic heterocycles. The Bertz CT molecular complexity index is 1460. The van der Waals surface area contributed by atoms with Crippen LogP contribution in [0.2, 0.25) is 0 Å². The number of hydrogen-bond acceptors (Lipinski definition) is 3. The standard InChI is InChI=1S/C35H43N3O3/c1-6-27(4)38(24-32-14-10-19-36(32)23-28-11-9-15-33(21-28)41-5)34(39)25-37(20-18-26(2)3)35(40)31-17-16-29-12-7-8-13-30(29)22-31/h7-17,19,21-22,26-27H,6,18,20,23-25H2,1-5H3/t27-/m0/s1. The summed E-state index contributed by atoms with van der Waals surface area (Å²) in [7, 11) is 1.67. The van der Waals surface area contributed by atoms with Crippen molar-refractivity contribution in [2.24, 2.45) is 5.92 Å². The SMILES string of the molecule is CC[C@H](C)N(Cc1cccn1Cc1cccc(OC)c1)C(=O)CN(CCC(C)C)C(=O)c1ccc2ccccc2c1. The smallest absolute Gasteiger partial charge is 0.254 e. The highest BCUT2D eigenvalue weighted by molar-refractivity contribution is 6.00. The molecule has 0 aliphatic carbocycles. The summed E-state index contributed by atoms with van der Waals surface area (Å²) in [5.41, 5.74) is 2.79. The zero-order chi connectivity index (χ0) is 29.4. The second-order valence-corrected chi connectivity index (χ2v) is 11.2. The second-order valence-electron chi connectivity index (χ2n) is 11.2. The van der Waals surface area contributed by atoms with Crippen molar-refractivity contribution in [1.82, 2.24) is 14.4 Å². The van der Waals surface area contributed by atoms with Crippen LogP contribution in [0.4, 0.5) is 0 Å². The molecule has 0 saturated heterocycles. The lowest BCUT2D eigenvalue weighted by Gasteiger charge is -2.32. The van der Waals surface area contributed by atoms with Gasteiger partial charge in [0, 0.05) is 36.6 Å². The van der Waals surface area contributed by atoms with E-state index in [9.17, 15) is 9.59 Å². The minimum Gasteiger partial charge on any atom is -0.497 e. The quantitative estimate of drug-likeness (QED) is 0.179. The Morgan fingerprint density at radius 1 is 0.902 bits per heavy atom. The summed E-state index contributed by atoms with van der Waals surface area (Å²) in [5, 5.41) is 2.11. The number of carbonyl (C=O) groups is 2. The number of nitrogens with zero attached hydrogens (tertiary/aromatic N) is 3. The van der Waals surface area contributed by atoms with E-state index >= 15 is 0 Å². The van der Waals surface area contributed by atoms with Gasteiger partial charge in [-0.3, -0.25) is 9.59 Å². The Morgan fingerprint density at radius 3 is 2.41 bits per heavy atom. The number of hydrogen-bond donors (Lipinski definition) is 0. The maximum absolute atomic E-state index is 13.9. The Morgan fingerprint density at radius 2 is 1.68 bits per heavy atom. The van der Waals surface area contributed by atoms with Crippen LogP contribution in [0.1, 0.15) is 62.2 Å². The summed E-state index contributed by atoms with van der Waals surface area (Å²) >= 11 is 0. The minimum absolute atomic E-state index is 0.0328. The first-order valence-electron chi connectivity index (χ1n) is 14.6. The molecule has 216 valence electrons. The lowest BCUT2D eigenvalue weighted by molar-refractivity contribution is -0.134. The normalized spacial score (nSPS) is 12.0. The number of aromatic nitrogens is 1. The highest BCUT2D eigenvalue weighted by Crippen LogP contribution is 2.20. The summed E-state index contributed by atoms with van der Waals surface area (Å²) < 4.78 is 7.57. The summed E-state index contributed by atoms with van der Waals surface area (Å²) in [6, 6.07) is 26.0. The molecule has 6 nitrogen and oxygen atoms in total. The van der Waals surface area contributed by atoms with Crippen LogP contribution in [0.15, 0.2) is 85.1 Å². The first-order chi connectivity index (χ1) is 19.8. The van der Waals surface area contributed by atoms with Gasteiger partial charge in [-0.25, -0.2) is 0 Å². The topological polar surface area (TPSA) is 54.8 Å². The molecule has 3 aromatic carbocycles. The molecule has 1 heterocycles. The van der Waals surface area contributed by atoms with Crippen LogP contribution < -0.4 is 4.74 Å². The van der Waals surface area contributed by atoms with Crippen molar-refractivity contribution >= 4 is 22.6 Å². The Kier molecular flexibility index (Phi) is 10.2. The summed E-state index contributed by atoms with van der Waals surface area (Å²) in [4.78, 5) is 31.4. The molecule has 4 aromatic rings. The van der Waals surface area contributed by atoms with Crippen molar-refractivity contribution in [3.63, 3.8) is 0 Å². The van der Waals surface area contributed by atoms with E-state index in [-0.39, 0.29) is 24.4 Å². The first kappa shape index (κ1) is 29.9. The van der Waals surface area contributed by atoms with Gasteiger partial charge in [-0.2, -0.15) is 0 Å². The van der Waals surface area contributed by atoms with Crippen LogP contribution in [0, 0.1) is 5.92 Å². The molecule has 0 saturated carbocycles. The maximum atomic E-state index is 13.9. The fourth-order valence-electron chi connectivity index (χ4n) is 5.02. The molecule has 2 amide bonds. The lowest BCUT2D eigenvalue weighted by Crippen LogP contribution is -2.46. The first-order valence-corrected chi connectivity index (χ1v) is 14.6. The molecule has 0 aliphatic heterocycles. The van der Waals surface area contributed by atoms with Crippen molar-refractivity contribution in [3.05, 3.63) is 102 Å².